The number of rotatable bonds is 2. The second kappa shape index (κ2) is 4.58. The molecule has 0 bridgehead atoms. The van der Waals surface area contributed by atoms with E-state index in [2.05, 4.69) is 36.2 Å². The minimum absolute atomic E-state index is 0.762. The third kappa shape index (κ3) is 2.36. The fraction of sp³-hybridized carbons (Fsp3) is 0.154. The first-order valence-corrected chi connectivity index (χ1v) is 6.58. The van der Waals surface area contributed by atoms with Gasteiger partial charge in [0.2, 0.25) is 0 Å². The molecule has 0 spiro atoms. The van der Waals surface area contributed by atoms with Crippen LogP contribution in [-0.4, -0.2) is 15.4 Å². The molecule has 0 radical (unpaired) electrons. The van der Waals surface area contributed by atoms with Crippen LogP contribution in [0, 0.1) is 6.92 Å². The average molecular weight is 231 g/mol. The number of hydrogen-bond donors (Lipinski definition) is 0. The quantitative estimate of drug-likeness (QED) is 0.795. The van der Waals surface area contributed by atoms with E-state index in [-0.39, 0.29) is 0 Å². The predicted octanol–water partition coefficient (Wildman–Crippen LogP) is 2.79. The fourth-order valence-corrected chi connectivity index (χ4v) is 1.98. The Morgan fingerprint density at radius 2 is 1.75 bits per heavy atom. The second-order valence-corrected chi connectivity index (χ2v) is 5.11. The molecule has 0 amide bonds. The Morgan fingerprint density at radius 3 is 2.38 bits per heavy atom. The van der Waals surface area contributed by atoms with Crippen LogP contribution in [0.25, 0.3) is 11.1 Å². The van der Waals surface area contributed by atoms with Crippen LogP contribution < -0.4 is 0 Å². The Labute approximate surface area is 97.8 Å². The van der Waals surface area contributed by atoms with E-state index < -0.39 is 10.8 Å². The molecule has 0 aliphatic heterocycles. The number of pyridine rings is 1. The molecule has 0 saturated carbocycles. The summed E-state index contributed by atoms with van der Waals surface area (Å²) in [7, 11) is -0.980. The lowest BCUT2D eigenvalue weighted by Gasteiger charge is -2.03. The molecule has 0 fully saturated rings. The van der Waals surface area contributed by atoms with Gasteiger partial charge < -0.3 is 0 Å². The number of benzene rings is 1. The summed E-state index contributed by atoms with van der Waals surface area (Å²) in [6, 6.07) is 10.1. The SMILES string of the molecule is Cc1ccc(-c2cncc(S(C)=O)c2)cc1. The molecule has 1 aromatic carbocycles. The lowest BCUT2D eigenvalue weighted by atomic mass is 10.1. The zero-order valence-electron chi connectivity index (χ0n) is 9.31. The molecule has 0 N–H and O–H groups in total. The van der Waals surface area contributed by atoms with Crippen molar-refractivity contribution >= 4 is 10.8 Å². The molecule has 82 valence electrons. The maximum absolute atomic E-state index is 11.4. The van der Waals surface area contributed by atoms with Crippen LogP contribution in [0.5, 0.6) is 0 Å². The van der Waals surface area contributed by atoms with Crippen molar-refractivity contribution in [3.8, 4) is 11.1 Å². The van der Waals surface area contributed by atoms with Crippen molar-refractivity contribution in [2.24, 2.45) is 0 Å². The van der Waals surface area contributed by atoms with E-state index in [1.54, 1.807) is 18.6 Å². The maximum Gasteiger partial charge on any atom is 0.0574 e. The van der Waals surface area contributed by atoms with Gasteiger partial charge in [0.1, 0.15) is 0 Å². The number of aryl methyl sites for hydroxylation is 1. The highest BCUT2D eigenvalue weighted by atomic mass is 32.2. The first-order chi connectivity index (χ1) is 7.66. The van der Waals surface area contributed by atoms with Crippen LogP contribution in [0.15, 0.2) is 47.6 Å². The molecule has 0 aliphatic carbocycles. The van der Waals surface area contributed by atoms with Crippen LogP contribution in [0.1, 0.15) is 5.56 Å². The molecule has 2 nitrogen and oxygen atoms in total. The van der Waals surface area contributed by atoms with Crippen molar-refractivity contribution < 1.29 is 4.21 Å². The summed E-state index contributed by atoms with van der Waals surface area (Å²) in [6.45, 7) is 2.06. The van der Waals surface area contributed by atoms with E-state index in [0.29, 0.717) is 0 Å². The summed E-state index contributed by atoms with van der Waals surface area (Å²) in [5, 5.41) is 0. The Kier molecular flexibility index (Phi) is 3.15. The van der Waals surface area contributed by atoms with Crippen LogP contribution in [0.3, 0.4) is 0 Å². The molecule has 0 saturated heterocycles. The second-order valence-electron chi connectivity index (χ2n) is 3.73. The first kappa shape index (κ1) is 11.0. The van der Waals surface area contributed by atoms with Gasteiger partial charge in [0, 0.05) is 24.2 Å². The van der Waals surface area contributed by atoms with Crippen molar-refractivity contribution in [3.63, 3.8) is 0 Å². The molecule has 0 aliphatic rings. The van der Waals surface area contributed by atoms with Crippen molar-refractivity contribution in [3.05, 3.63) is 48.3 Å². The molecule has 1 aromatic heterocycles. The molecule has 16 heavy (non-hydrogen) atoms. The molecule has 1 atom stereocenters. The standard InChI is InChI=1S/C13H13NOS/c1-10-3-5-11(6-4-10)12-7-13(16(2)15)9-14-8-12/h3-9H,1-2H3. The van der Waals surface area contributed by atoms with Gasteiger partial charge in [-0.1, -0.05) is 29.8 Å². The maximum atomic E-state index is 11.4. The molecular formula is C13H13NOS. The van der Waals surface area contributed by atoms with E-state index in [0.717, 1.165) is 16.0 Å². The Hall–Kier alpha value is -1.48. The summed E-state index contributed by atoms with van der Waals surface area (Å²) >= 11 is 0. The number of hydrogen-bond acceptors (Lipinski definition) is 2. The highest BCUT2D eigenvalue weighted by Crippen LogP contribution is 2.20. The zero-order valence-corrected chi connectivity index (χ0v) is 10.1. The van der Waals surface area contributed by atoms with E-state index in [1.165, 1.54) is 5.56 Å². The topological polar surface area (TPSA) is 30.0 Å². The van der Waals surface area contributed by atoms with Crippen molar-refractivity contribution in [1.29, 1.82) is 0 Å². The summed E-state index contributed by atoms with van der Waals surface area (Å²) in [4.78, 5) is 4.87. The fourth-order valence-electron chi connectivity index (χ4n) is 1.48. The van der Waals surface area contributed by atoms with Gasteiger partial charge in [-0.25, -0.2) is 0 Å². The molecule has 3 heteroatoms. The highest BCUT2D eigenvalue weighted by molar-refractivity contribution is 7.84. The van der Waals surface area contributed by atoms with Crippen molar-refractivity contribution in [1.82, 2.24) is 4.98 Å². The van der Waals surface area contributed by atoms with E-state index in [9.17, 15) is 4.21 Å². The lowest BCUT2D eigenvalue weighted by Crippen LogP contribution is -1.90. The zero-order chi connectivity index (χ0) is 11.5. The smallest absolute Gasteiger partial charge is 0.0574 e. The van der Waals surface area contributed by atoms with Crippen LogP contribution in [-0.2, 0) is 10.8 Å². The molecule has 2 aromatic rings. The van der Waals surface area contributed by atoms with E-state index >= 15 is 0 Å². The summed E-state index contributed by atoms with van der Waals surface area (Å²) in [5.74, 6) is 0. The predicted molar refractivity (Wildman–Crippen MR) is 66.7 cm³/mol. The molecule has 2 rings (SSSR count). The third-order valence-electron chi connectivity index (χ3n) is 2.43. The molecule has 1 unspecified atom stereocenters. The van der Waals surface area contributed by atoms with Gasteiger partial charge in [-0.05, 0) is 18.6 Å². The molecular weight excluding hydrogens is 218 g/mol. The van der Waals surface area contributed by atoms with Crippen molar-refractivity contribution in [2.75, 3.05) is 6.26 Å². The largest absolute Gasteiger partial charge is 0.263 e. The van der Waals surface area contributed by atoms with Crippen LogP contribution in [0.4, 0.5) is 0 Å². The van der Waals surface area contributed by atoms with Gasteiger partial charge in [-0.3, -0.25) is 9.19 Å². The van der Waals surface area contributed by atoms with Gasteiger partial charge in [0.15, 0.2) is 0 Å². The van der Waals surface area contributed by atoms with Gasteiger partial charge in [0.25, 0.3) is 0 Å². The first-order valence-electron chi connectivity index (χ1n) is 5.02. The summed E-state index contributed by atoms with van der Waals surface area (Å²) in [6.07, 6.45) is 5.10. The summed E-state index contributed by atoms with van der Waals surface area (Å²) in [5.41, 5.74) is 3.34. The molecule has 1 heterocycles. The van der Waals surface area contributed by atoms with Crippen molar-refractivity contribution in [2.45, 2.75) is 11.8 Å². The van der Waals surface area contributed by atoms with Crippen LogP contribution >= 0.6 is 0 Å². The third-order valence-corrected chi connectivity index (χ3v) is 3.32. The monoisotopic (exact) mass is 231 g/mol. The Bertz CT molecular complexity index is 520. The minimum atomic E-state index is -0.980. The summed E-state index contributed by atoms with van der Waals surface area (Å²) < 4.78 is 11.4. The number of aromatic nitrogens is 1. The highest BCUT2D eigenvalue weighted by Gasteiger charge is 2.02. The Balaban J connectivity index is 2.44. The minimum Gasteiger partial charge on any atom is -0.263 e. The normalized spacial score (nSPS) is 12.4. The van der Waals surface area contributed by atoms with Gasteiger partial charge in [0.05, 0.1) is 15.7 Å². The average Bonchev–Trinajstić information content (AvgIpc) is 2.30. The van der Waals surface area contributed by atoms with Gasteiger partial charge >= 0.3 is 0 Å². The Morgan fingerprint density at radius 1 is 1.06 bits per heavy atom. The van der Waals surface area contributed by atoms with Gasteiger partial charge in [-0.15, -0.1) is 0 Å². The van der Waals surface area contributed by atoms with Gasteiger partial charge in [-0.2, -0.15) is 0 Å². The lowest BCUT2D eigenvalue weighted by molar-refractivity contribution is 0.686. The van der Waals surface area contributed by atoms with Crippen LogP contribution in [0.2, 0.25) is 0 Å². The number of nitrogens with zero attached hydrogens (tertiary/aromatic N) is 1. The van der Waals surface area contributed by atoms with E-state index in [4.69, 9.17) is 0 Å². The van der Waals surface area contributed by atoms with E-state index in [1.807, 2.05) is 6.07 Å².